The summed E-state index contributed by atoms with van der Waals surface area (Å²) in [5.41, 5.74) is 0.925. The Balaban J connectivity index is 2.65. The maximum atomic E-state index is 4.03. The van der Waals surface area contributed by atoms with Gasteiger partial charge in [0.25, 0.3) is 0 Å². The molecule has 0 fully saturated rings. The van der Waals surface area contributed by atoms with Crippen LogP contribution < -0.4 is 0 Å². The molecule has 0 saturated heterocycles. The zero-order valence-electron chi connectivity index (χ0n) is 6.73. The van der Waals surface area contributed by atoms with E-state index >= 15 is 0 Å². The van der Waals surface area contributed by atoms with Crippen molar-refractivity contribution in [2.45, 2.75) is 0 Å². The Morgan fingerprint density at radius 3 is 2.82 bits per heavy atom. The summed E-state index contributed by atoms with van der Waals surface area (Å²) in [4.78, 5) is 9.80. The standard InChI is InChI=1S/C8H11N3/c1-11(2)6-4-8-3-5-9-7-10-8/h3-7H,1-2H3. The largest absolute Gasteiger partial charge is 0.383 e. The maximum absolute atomic E-state index is 4.03. The van der Waals surface area contributed by atoms with Gasteiger partial charge in [-0.25, -0.2) is 9.97 Å². The molecule has 11 heavy (non-hydrogen) atoms. The highest BCUT2D eigenvalue weighted by Gasteiger charge is 1.83. The summed E-state index contributed by atoms with van der Waals surface area (Å²) in [6.45, 7) is 0. The van der Waals surface area contributed by atoms with E-state index in [0.29, 0.717) is 0 Å². The first-order chi connectivity index (χ1) is 5.29. The van der Waals surface area contributed by atoms with Crippen LogP contribution in [-0.2, 0) is 0 Å². The molecule has 0 radical (unpaired) electrons. The molecule has 1 aromatic rings. The minimum Gasteiger partial charge on any atom is -0.383 e. The van der Waals surface area contributed by atoms with Crippen molar-refractivity contribution in [1.82, 2.24) is 14.9 Å². The Hall–Kier alpha value is -1.38. The van der Waals surface area contributed by atoms with Crippen LogP contribution in [0.3, 0.4) is 0 Å². The molecule has 0 bridgehead atoms. The Labute approximate surface area is 66.4 Å². The van der Waals surface area contributed by atoms with Gasteiger partial charge in [-0.3, -0.25) is 0 Å². The molecule has 0 N–H and O–H groups in total. The van der Waals surface area contributed by atoms with E-state index in [0.717, 1.165) is 5.69 Å². The van der Waals surface area contributed by atoms with Gasteiger partial charge in [-0.1, -0.05) is 0 Å². The third-order valence-electron chi connectivity index (χ3n) is 1.15. The molecule has 0 amide bonds. The highest BCUT2D eigenvalue weighted by molar-refractivity contribution is 5.42. The quantitative estimate of drug-likeness (QED) is 0.628. The lowest BCUT2D eigenvalue weighted by molar-refractivity contribution is 0.567. The lowest BCUT2D eigenvalue weighted by Gasteiger charge is -2.01. The SMILES string of the molecule is CN(C)C=Cc1ccncn1. The minimum atomic E-state index is 0.925. The van der Waals surface area contributed by atoms with E-state index in [4.69, 9.17) is 0 Å². The molecule has 3 heteroatoms. The van der Waals surface area contributed by atoms with E-state index in [-0.39, 0.29) is 0 Å². The number of hydrogen-bond acceptors (Lipinski definition) is 3. The predicted octanol–water partition coefficient (Wildman–Crippen LogP) is 1.01. The Bertz CT molecular complexity index is 228. The Kier molecular flexibility index (Phi) is 2.60. The molecule has 1 rings (SSSR count). The molecule has 1 heterocycles. The van der Waals surface area contributed by atoms with Crippen molar-refractivity contribution in [2.75, 3.05) is 14.1 Å². The second-order valence-corrected chi connectivity index (χ2v) is 2.41. The number of rotatable bonds is 2. The number of aromatic nitrogens is 2. The van der Waals surface area contributed by atoms with Crippen molar-refractivity contribution < 1.29 is 0 Å². The first-order valence-electron chi connectivity index (χ1n) is 3.39. The van der Waals surface area contributed by atoms with E-state index in [1.165, 1.54) is 6.33 Å². The normalized spacial score (nSPS) is 10.4. The molecule has 0 aromatic carbocycles. The summed E-state index contributed by atoms with van der Waals surface area (Å²) in [5, 5.41) is 0. The number of nitrogens with zero attached hydrogens (tertiary/aromatic N) is 3. The van der Waals surface area contributed by atoms with Gasteiger partial charge in [0.1, 0.15) is 6.33 Å². The number of hydrogen-bond donors (Lipinski definition) is 0. The van der Waals surface area contributed by atoms with Crippen molar-refractivity contribution in [1.29, 1.82) is 0 Å². The van der Waals surface area contributed by atoms with Crippen molar-refractivity contribution in [3.05, 3.63) is 30.5 Å². The molecule has 0 aliphatic rings. The predicted molar refractivity (Wildman–Crippen MR) is 44.8 cm³/mol. The first-order valence-corrected chi connectivity index (χ1v) is 3.39. The fourth-order valence-electron chi connectivity index (χ4n) is 0.625. The summed E-state index contributed by atoms with van der Waals surface area (Å²) >= 11 is 0. The minimum absolute atomic E-state index is 0.925. The molecule has 0 atom stereocenters. The monoisotopic (exact) mass is 149 g/mol. The van der Waals surface area contributed by atoms with Crippen molar-refractivity contribution in [2.24, 2.45) is 0 Å². The van der Waals surface area contributed by atoms with Gasteiger partial charge < -0.3 is 4.90 Å². The van der Waals surface area contributed by atoms with E-state index in [9.17, 15) is 0 Å². The molecule has 0 aliphatic carbocycles. The van der Waals surface area contributed by atoms with E-state index in [1.807, 2.05) is 37.3 Å². The molecular weight excluding hydrogens is 138 g/mol. The topological polar surface area (TPSA) is 29.0 Å². The maximum Gasteiger partial charge on any atom is 0.115 e. The van der Waals surface area contributed by atoms with Crippen LogP contribution in [0.1, 0.15) is 5.69 Å². The van der Waals surface area contributed by atoms with Crippen LogP contribution in [0, 0.1) is 0 Å². The fraction of sp³-hybridized carbons (Fsp3) is 0.250. The summed E-state index contributed by atoms with van der Waals surface area (Å²) < 4.78 is 0. The van der Waals surface area contributed by atoms with E-state index in [1.54, 1.807) is 6.20 Å². The van der Waals surface area contributed by atoms with Gasteiger partial charge in [0.15, 0.2) is 0 Å². The molecule has 3 nitrogen and oxygen atoms in total. The summed E-state index contributed by atoms with van der Waals surface area (Å²) in [5.74, 6) is 0. The highest BCUT2D eigenvalue weighted by atomic mass is 15.0. The van der Waals surface area contributed by atoms with Crippen LogP contribution in [0.4, 0.5) is 0 Å². The third kappa shape index (κ3) is 2.80. The summed E-state index contributed by atoms with van der Waals surface area (Å²) in [6, 6.07) is 1.86. The van der Waals surface area contributed by atoms with E-state index < -0.39 is 0 Å². The van der Waals surface area contributed by atoms with Crippen LogP contribution >= 0.6 is 0 Å². The molecule has 1 aromatic heterocycles. The van der Waals surface area contributed by atoms with Crippen molar-refractivity contribution in [3.63, 3.8) is 0 Å². The summed E-state index contributed by atoms with van der Waals surface area (Å²) in [7, 11) is 3.94. The Morgan fingerprint density at radius 1 is 1.45 bits per heavy atom. The van der Waals surface area contributed by atoms with Crippen molar-refractivity contribution in [3.8, 4) is 0 Å². The van der Waals surface area contributed by atoms with Crippen LogP contribution in [0.25, 0.3) is 6.08 Å². The average molecular weight is 149 g/mol. The van der Waals surface area contributed by atoms with Gasteiger partial charge in [0.05, 0.1) is 5.69 Å². The van der Waals surface area contributed by atoms with Gasteiger partial charge in [-0.15, -0.1) is 0 Å². The first kappa shape index (κ1) is 7.72. The molecular formula is C8H11N3. The second kappa shape index (κ2) is 3.71. The fourth-order valence-corrected chi connectivity index (χ4v) is 0.625. The summed E-state index contributed by atoms with van der Waals surface area (Å²) in [6.07, 6.45) is 7.14. The Morgan fingerprint density at radius 2 is 2.27 bits per heavy atom. The van der Waals surface area contributed by atoms with Gasteiger partial charge >= 0.3 is 0 Å². The van der Waals surface area contributed by atoms with Crippen LogP contribution in [0.5, 0.6) is 0 Å². The lowest BCUT2D eigenvalue weighted by atomic mass is 10.4. The van der Waals surface area contributed by atoms with Gasteiger partial charge in [0, 0.05) is 26.5 Å². The highest BCUT2D eigenvalue weighted by Crippen LogP contribution is 1.94. The molecule has 0 spiro atoms. The van der Waals surface area contributed by atoms with Gasteiger partial charge in [-0.2, -0.15) is 0 Å². The molecule has 0 aliphatic heterocycles. The van der Waals surface area contributed by atoms with Gasteiger partial charge in [-0.05, 0) is 12.1 Å². The molecule has 0 unspecified atom stereocenters. The second-order valence-electron chi connectivity index (χ2n) is 2.41. The average Bonchev–Trinajstić information content (AvgIpc) is 2.03. The lowest BCUT2D eigenvalue weighted by Crippen LogP contribution is -1.99. The zero-order chi connectivity index (χ0) is 8.10. The van der Waals surface area contributed by atoms with Crippen LogP contribution in [0.15, 0.2) is 24.8 Å². The third-order valence-corrected chi connectivity index (χ3v) is 1.15. The van der Waals surface area contributed by atoms with E-state index in [2.05, 4.69) is 9.97 Å². The molecule has 58 valence electrons. The van der Waals surface area contributed by atoms with Crippen LogP contribution in [-0.4, -0.2) is 29.0 Å². The molecule has 0 saturated carbocycles. The zero-order valence-corrected chi connectivity index (χ0v) is 6.73. The van der Waals surface area contributed by atoms with Crippen LogP contribution in [0.2, 0.25) is 0 Å². The van der Waals surface area contributed by atoms with Gasteiger partial charge in [0.2, 0.25) is 0 Å². The van der Waals surface area contributed by atoms with Crippen molar-refractivity contribution >= 4 is 6.08 Å². The smallest absolute Gasteiger partial charge is 0.115 e.